The molecular weight excluding hydrogens is 422 g/mol. The summed E-state index contributed by atoms with van der Waals surface area (Å²) < 4.78 is 5.74. The first-order valence-electron chi connectivity index (χ1n) is 12.4. The molecule has 5 heteroatoms. The number of hydrogen-bond acceptors (Lipinski definition) is 4. The number of benzene rings is 2. The molecule has 3 aliphatic rings. The molecule has 0 radical (unpaired) electrons. The van der Waals surface area contributed by atoms with Crippen LogP contribution in [0, 0.1) is 17.9 Å². The van der Waals surface area contributed by atoms with Gasteiger partial charge in [-0.05, 0) is 73.5 Å². The summed E-state index contributed by atoms with van der Waals surface area (Å²) in [4.78, 5) is 16.5. The number of amides is 1. The van der Waals surface area contributed by atoms with Gasteiger partial charge in [0, 0.05) is 43.1 Å². The maximum absolute atomic E-state index is 11.7. The lowest BCUT2D eigenvalue weighted by molar-refractivity contribution is 0.100. The third-order valence-corrected chi connectivity index (χ3v) is 7.51. The Bertz CT molecular complexity index is 1150. The molecule has 1 fully saturated rings. The summed E-state index contributed by atoms with van der Waals surface area (Å²) >= 11 is 0. The summed E-state index contributed by atoms with van der Waals surface area (Å²) in [5.74, 6) is 4.47. The molecule has 2 aromatic carbocycles. The Hall–Kier alpha value is -3.23. The molecule has 2 aromatic rings. The number of carbonyl (C=O) groups excluding carboxylic acids is 1. The summed E-state index contributed by atoms with van der Waals surface area (Å²) in [6.45, 7) is 3.28. The van der Waals surface area contributed by atoms with Crippen molar-refractivity contribution in [3.63, 3.8) is 0 Å². The first kappa shape index (κ1) is 22.6. The van der Waals surface area contributed by atoms with E-state index in [1.165, 1.54) is 23.1 Å². The lowest BCUT2D eigenvalue weighted by Gasteiger charge is -2.38. The number of likely N-dealkylation sites (tertiary alicyclic amines) is 1. The lowest BCUT2D eigenvalue weighted by atomic mass is 9.85. The highest BCUT2D eigenvalue weighted by molar-refractivity contribution is 5.94. The van der Waals surface area contributed by atoms with Crippen LogP contribution < -0.4 is 10.6 Å². The molecule has 0 bridgehead atoms. The van der Waals surface area contributed by atoms with E-state index in [9.17, 15) is 4.79 Å². The van der Waals surface area contributed by atoms with E-state index in [1.807, 2.05) is 18.2 Å². The number of anilines is 1. The van der Waals surface area contributed by atoms with Gasteiger partial charge in [0.05, 0.1) is 18.6 Å². The van der Waals surface area contributed by atoms with Crippen molar-refractivity contribution < 1.29 is 9.53 Å². The highest BCUT2D eigenvalue weighted by atomic mass is 16.5. The van der Waals surface area contributed by atoms with Gasteiger partial charge in [0.1, 0.15) is 0 Å². The molecule has 2 heterocycles. The smallest absolute Gasteiger partial charge is 0.248 e. The van der Waals surface area contributed by atoms with Crippen LogP contribution in [0.5, 0.6) is 0 Å². The number of carbonyl (C=O) groups is 1. The van der Waals surface area contributed by atoms with E-state index in [0.717, 1.165) is 63.2 Å². The average Bonchev–Trinajstić information content (AvgIpc) is 2.88. The average molecular weight is 456 g/mol. The van der Waals surface area contributed by atoms with Gasteiger partial charge in [0.25, 0.3) is 0 Å². The van der Waals surface area contributed by atoms with Crippen LogP contribution in [-0.4, -0.2) is 43.6 Å². The third-order valence-electron chi connectivity index (χ3n) is 7.51. The Morgan fingerprint density at radius 3 is 2.76 bits per heavy atom. The Labute approximate surface area is 202 Å². The number of hydrogen-bond donors (Lipinski definition) is 1. The van der Waals surface area contributed by atoms with Gasteiger partial charge in [-0.3, -0.25) is 9.69 Å². The number of methoxy groups -OCH3 is 1. The SMILES string of the molecule is COC1=Cc2ccccc2CC1CCCN1CCC(N2C#CCc3ccc(C(N)=O)cc32)CC1. The lowest BCUT2D eigenvalue weighted by Crippen LogP contribution is -2.44. The van der Waals surface area contributed by atoms with Gasteiger partial charge >= 0.3 is 0 Å². The summed E-state index contributed by atoms with van der Waals surface area (Å²) in [6.07, 6.45) is 8.49. The van der Waals surface area contributed by atoms with E-state index in [2.05, 4.69) is 52.1 Å². The maximum atomic E-state index is 11.7. The minimum atomic E-state index is -0.385. The molecule has 34 heavy (non-hydrogen) atoms. The number of nitrogens with zero attached hydrogens (tertiary/aromatic N) is 2. The minimum absolute atomic E-state index is 0.379. The molecule has 5 rings (SSSR count). The Kier molecular flexibility index (Phi) is 6.60. The van der Waals surface area contributed by atoms with Crippen LogP contribution in [0.4, 0.5) is 5.69 Å². The van der Waals surface area contributed by atoms with Crippen molar-refractivity contribution in [3.8, 4) is 12.0 Å². The highest BCUT2D eigenvalue weighted by Crippen LogP contribution is 2.33. The normalized spacial score (nSPS) is 20.0. The number of fused-ring (bicyclic) bond motifs is 2. The Morgan fingerprint density at radius 2 is 1.97 bits per heavy atom. The predicted octanol–water partition coefficient (Wildman–Crippen LogP) is 4.21. The quantitative estimate of drug-likeness (QED) is 0.636. The van der Waals surface area contributed by atoms with Crippen molar-refractivity contribution in [2.75, 3.05) is 31.6 Å². The Balaban J connectivity index is 1.14. The zero-order valence-corrected chi connectivity index (χ0v) is 19.9. The van der Waals surface area contributed by atoms with Gasteiger partial charge in [-0.15, -0.1) is 0 Å². The molecule has 2 N–H and O–H groups in total. The van der Waals surface area contributed by atoms with E-state index < -0.39 is 0 Å². The van der Waals surface area contributed by atoms with Crippen LogP contribution in [0.2, 0.25) is 0 Å². The van der Waals surface area contributed by atoms with E-state index in [4.69, 9.17) is 10.5 Å². The van der Waals surface area contributed by atoms with Crippen LogP contribution in [0.1, 0.15) is 52.7 Å². The van der Waals surface area contributed by atoms with E-state index in [1.54, 1.807) is 7.11 Å². The van der Waals surface area contributed by atoms with Crippen LogP contribution in [-0.2, 0) is 17.6 Å². The molecule has 1 saturated heterocycles. The van der Waals surface area contributed by atoms with Crippen LogP contribution >= 0.6 is 0 Å². The molecule has 0 spiro atoms. The van der Waals surface area contributed by atoms with Crippen molar-refractivity contribution in [1.82, 2.24) is 4.90 Å². The van der Waals surface area contributed by atoms with Gasteiger partial charge in [0.15, 0.2) is 0 Å². The second kappa shape index (κ2) is 9.95. The molecule has 0 aromatic heterocycles. The zero-order valence-electron chi connectivity index (χ0n) is 19.9. The van der Waals surface area contributed by atoms with Crippen molar-refractivity contribution >= 4 is 17.7 Å². The molecule has 1 aliphatic carbocycles. The second-order valence-corrected chi connectivity index (χ2v) is 9.61. The standard InChI is InChI=1S/C29H33N3O2/c1-34-28-20-23-7-3-2-6-22(23)18-24(28)9-4-14-31-16-12-26(13-17-31)32-15-5-8-21-10-11-25(29(30)33)19-27(21)32/h2-3,6-7,10-11,19-20,24,26H,4,8-9,12-14,16-18H2,1H3,(H2,30,33). The largest absolute Gasteiger partial charge is 0.501 e. The number of allylic oxidation sites excluding steroid dienone is 1. The number of rotatable bonds is 7. The summed E-state index contributed by atoms with van der Waals surface area (Å²) in [5, 5.41) is 0. The fraction of sp³-hybridized carbons (Fsp3) is 0.414. The van der Waals surface area contributed by atoms with E-state index >= 15 is 0 Å². The van der Waals surface area contributed by atoms with Crippen molar-refractivity contribution in [1.29, 1.82) is 0 Å². The van der Waals surface area contributed by atoms with Crippen molar-refractivity contribution in [2.24, 2.45) is 11.7 Å². The third kappa shape index (κ3) is 4.69. The highest BCUT2D eigenvalue weighted by Gasteiger charge is 2.28. The first-order chi connectivity index (χ1) is 16.6. The molecule has 0 saturated carbocycles. The minimum Gasteiger partial charge on any atom is -0.501 e. The predicted molar refractivity (Wildman–Crippen MR) is 136 cm³/mol. The van der Waals surface area contributed by atoms with E-state index in [-0.39, 0.29) is 5.91 Å². The van der Waals surface area contributed by atoms with E-state index in [0.29, 0.717) is 17.5 Å². The maximum Gasteiger partial charge on any atom is 0.248 e. The fourth-order valence-electron chi connectivity index (χ4n) is 5.59. The molecule has 1 unspecified atom stereocenters. The van der Waals surface area contributed by atoms with Gasteiger partial charge in [0.2, 0.25) is 5.91 Å². The summed E-state index contributed by atoms with van der Waals surface area (Å²) in [6, 6.07) is 18.1. The molecule has 5 nitrogen and oxygen atoms in total. The van der Waals surface area contributed by atoms with Gasteiger partial charge in [-0.1, -0.05) is 36.3 Å². The fourth-order valence-corrected chi connectivity index (χ4v) is 5.59. The monoisotopic (exact) mass is 455 g/mol. The van der Waals surface area contributed by atoms with Crippen LogP contribution in [0.25, 0.3) is 6.08 Å². The molecular formula is C29H33N3O2. The molecule has 1 amide bonds. The summed E-state index contributed by atoms with van der Waals surface area (Å²) in [5.41, 5.74) is 11.0. The second-order valence-electron chi connectivity index (χ2n) is 9.61. The number of ether oxygens (including phenoxy) is 1. The van der Waals surface area contributed by atoms with Crippen LogP contribution in [0.3, 0.4) is 0 Å². The summed E-state index contributed by atoms with van der Waals surface area (Å²) in [7, 11) is 1.80. The molecule has 176 valence electrons. The van der Waals surface area contributed by atoms with Crippen LogP contribution in [0.15, 0.2) is 48.2 Å². The van der Waals surface area contributed by atoms with Gasteiger partial charge in [-0.2, -0.15) is 0 Å². The first-order valence-corrected chi connectivity index (χ1v) is 12.4. The number of primary amides is 1. The Morgan fingerprint density at radius 1 is 1.15 bits per heavy atom. The van der Waals surface area contributed by atoms with Gasteiger partial charge in [-0.25, -0.2) is 0 Å². The van der Waals surface area contributed by atoms with Crippen molar-refractivity contribution in [2.45, 2.75) is 44.6 Å². The van der Waals surface area contributed by atoms with Gasteiger partial charge < -0.3 is 15.4 Å². The number of nitrogens with two attached hydrogens (primary N) is 1. The number of piperidine rings is 1. The van der Waals surface area contributed by atoms with Crippen molar-refractivity contribution in [3.05, 3.63) is 70.5 Å². The zero-order chi connectivity index (χ0) is 23.5. The molecule has 2 aliphatic heterocycles. The topological polar surface area (TPSA) is 58.8 Å². The molecule has 1 atom stereocenters.